The number of rotatable bonds is 6. The van der Waals surface area contributed by atoms with Crippen LogP contribution in [0.5, 0.6) is 5.75 Å². The number of hydrogen-bond donors (Lipinski definition) is 2. The van der Waals surface area contributed by atoms with Gasteiger partial charge in [-0.15, -0.1) is 0 Å². The van der Waals surface area contributed by atoms with Crippen LogP contribution >= 0.6 is 0 Å². The Labute approximate surface area is 111 Å². The molecule has 1 aromatic rings. The molecule has 0 bridgehead atoms. The molecule has 0 atom stereocenters. The van der Waals surface area contributed by atoms with Crippen LogP contribution in [0.3, 0.4) is 0 Å². The lowest BCUT2D eigenvalue weighted by molar-refractivity contribution is -0.384. The van der Waals surface area contributed by atoms with Gasteiger partial charge >= 0.3 is 6.03 Å². The number of methoxy groups -OCH3 is 1. The number of hydrogen-bond acceptors (Lipinski definition) is 4. The summed E-state index contributed by atoms with van der Waals surface area (Å²) < 4.78 is 5.02. The van der Waals surface area contributed by atoms with Crippen LogP contribution in [-0.2, 0) is 0 Å². The van der Waals surface area contributed by atoms with Crippen LogP contribution in [0, 0.1) is 10.1 Å². The van der Waals surface area contributed by atoms with Gasteiger partial charge in [0.1, 0.15) is 5.75 Å². The van der Waals surface area contributed by atoms with E-state index in [0.717, 1.165) is 12.8 Å². The number of carbonyl (C=O) groups is 1. The number of benzene rings is 1. The van der Waals surface area contributed by atoms with Crippen molar-refractivity contribution in [2.75, 3.05) is 19.0 Å². The van der Waals surface area contributed by atoms with Crippen molar-refractivity contribution in [3.05, 3.63) is 28.3 Å². The highest BCUT2D eigenvalue weighted by Crippen LogP contribution is 2.28. The lowest BCUT2D eigenvalue weighted by Gasteiger charge is -2.10. The van der Waals surface area contributed by atoms with Gasteiger partial charge in [-0.25, -0.2) is 4.79 Å². The summed E-state index contributed by atoms with van der Waals surface area (Å²) in [6.07, 6.45) is 1.88. The smallest absolute Gasteiger partial charge is 0.319 e. The molecule has 1 rings (SSSR count). The van der Waals surface area contributed by atoms with Crippen molar-refractivity contribution in [3.8, 4) is 5.75 Å². The van der Waals surface area contributed by atoms with Crippen molar-refractivity contribution in [3.63, 3.8) is 0 Å². The van der Waals surface area contributed by atoms with Crippen LogP contribution < -0.4 is 15.4 Å². The molecule has 0 unspecified atom stereocenters. The molecule has 104 valence electrons. The van der Waals surface area contributed by atoms with Gasteiger partial charge in [-0.3, -0.25) is 10.1 Å². The first-order chi connectivity index (χ1) is 9.08. The van der Waals surface area contributed by atoms with Crippen LogP contribution in [0.2, 0.25) is 0 Å². The summed E-state index contributed by atoms with van der Waals surface area (Å²) in [5.74, 6) is 0.250. The minimum absolute atomic E-state index is 0.0891. The number of nitro groups is 1. The zero-order valence-corrected chi connectivity index (χ0v) is 10.9. The third-order valence-electron chi connectivity index (χ3n) is 2.46. The molecule has 2 N–H and O–H groups in total. The highest BCUT2D eigenvalue weighted by atomic mass is 16.6. The molecule has 0 aliphatic heterocycles. The first-order valence-corrected chi connectivity index (χ1v) is 5.95. The SMILES string of the molecule is CCCCNC(=O)Nc1ccc([N+](=O)[O-])cc1OC. The first kappa shape index (κ1) is 14.7. The van der Waals surface area contributed by atoms with Crippen LogP contribution in [0.1, 0.15) is 19.8 Å². The summed E-state index contributed by atoms with van der Waals surface area (Å²) in [6, 6.07) is 3.66. The molecule has 0 aliphatic rings. The average Bonchev–Trinajstić information content (AvgIpc) is 2.39. The van der Waals surface area contributed by atoms with Gasteiger partial charge in [0, 0.05) is 12.6 Å². The maximum atomic E-state index is 11.6. The fourth-order valence-electron chi connectivity index (χ4n) is 1.44. The van der Waals surface area contributed by atoms with Crippen molar-refractivity contribution in [2.24, 2.45) is 0 Å². The molecule has 7 heteroatoms. The molecule has 0 fully saturated rings. The third kappa shape index (κ3) is 4.46. The second-order valence-electron chi connectivity index (χ2n) is 3.88. The third-order valence-corrected chi connectivity index (χ3v) is 2.46. The minimum atomic E-state index is -0.520. The fourth-order valence-corrected chi connectivity index (χ4v) is 1.44. The Morgan fingerprint density at radius 3 is 2.79 bits per heavy atom. The molecular formula is C12H17N3O4. The maximum Gasteiger partial charge on any atom is 0.319 e. The first-order valence-electron chi connectivity index (χ1n) is 5.95. The second kappa shape index (κ2) is 7.20. The summed E-state index contributed by atoms with van der Waals surface area (Å²) in [4.78, 5) is 21.7. The molecule has 0 aromatic heterocycles. The van der Waals surface area contributed by atoms with Crippen LogP contribution in [-0.4, -0.2) is 24.6 Å². The van der Waals surface area contributed by atoms with Gasteiger partial charge in [-0.05, 0) is 12.5 Å². The Morgan fingerprint density at radius 1 is 1.47 bits per heavy atom. The molecule has 0 saturated heterocycles. The highest BCUT2D eigenvalue weighted by Gasteiger charge is 2.12. The molecule has 0 aliphatic carbocycles. The van der Waals surface area contributed by atoms with Crippen molar-refractivity contribution in [1.82, 2.24) is 5.32 Å². The monoisotopic (exact) mass is 267 g/mol. The number of ether oxygens (including phenoxy) is 1. The van der Waals surface area contributed by atoms with Crippen molar-refractivity contribution in [2.45, 2.75) is 19.8 Å². The van der Waals surface area contributed by atoms with E-state index >= 15 is 0 Å². The number of nitrogens with zero attached hydrogens (tertiary/aromatic N) is 1. The lowest BCUT2D eigenvalue weighted by Crippen LogP contribution is -2.29. The molecule has 0 radical (unpaired) electrons. The molecule has 0 spiro atoms. The molecule has 1 aromatic carbocycles. The van der Waals surface area contributed by atoms with E-state index in [0.29, 0.717) is 12.2 Å². The Balaban J connectivity index is 2.72. The number of carbonyl (C=O) groups excluding carboxylic acids is 1. The van der Waals surface area contributed by atoms with Crippen LogP contribution in [0.15, 0.2) is 18.2 Å². The number of nitro benzene ring substituents is 1. The number of urea groups is 1. The molecule has 0 heterocycles. The number of unbranched alkanes of at least 4 members (excludes halogenated alkanes) is 1. The zero-order valence-electron chi connectivity index (χ0n) is 10.9. The van der Waals surface area contributed by atoms with Crippen molar-refractivity contribution < 1.29 is 14.5 Å². The van der Waals surface area contributed by atoms with E-state index < -0.39 is 4.92 Å². The van der Waals surface area contributed by atoms with E-state index in [2.05, 4.69) is 10.6 Å². The van der Waals surface area contributed by atoms with Gasteiger partial charge in [-0.1, -0.05) is 13.3 Å². The summed E-state index contributed by atoms with van der Waals surface area (Å²) in [7, 11) is 1.39. The van der Waals surface area contributed by atoms with Crippen LogP contribution in [0.25, 0.3) is 0 Å². The molecular weight excluding hydrogens is 250 g/mol. The molecule has 19 heavy (non-hydrogen) atoms. The predicted octanol–water partition coefficient (Wildman–Crippen LogP) is 2.53. The maximum absolute atomic E-state index is 11.6. The van der Waals surface area contributed by atoms with Gasteiger partial charge in [0.05, 0.1) is 23.8 Å². The van der Waals surface area contributed by atoms with Gasteiger partial charge in [-0.2, -0.15) is 0 Å². The van der Waals surface area contributed by atoms with Gasteiger partial charge in [0.15, 0.2) is 0 Å². The largest absolute Gasteiger partial charge is 0.494 e. The summed E-state index contributed by atoms with van der Waals surface area (Å²) in [6.45, 7) is 2.61. The van der Waals surface area contributed by atoms with E-state index in [4.69, 9.17) is 4.74 Å². The Kier molecular flexibility index (Phi) is 5.59. The summed E-state index contributed by atoms with van der Waals surface area (Å²) in [5.41, 5.74) is 0.302. The minimum Gasteiger partial charge on any atom is -0.494 e. The Bertz CT molecular complexity index is 462. The number of non-ortho nitro benzene ring substituents is 1. The van der Waals surface area contributed by atoms with E-state index in [-0.39, 0.29) is 17.5 Å². The van der Waals surface area contributed by atoms with E-state index in [1.165, 1.54) is 25.3 Å². The van der Waals surface area contributed by atoms with Gasteiger partial charge in [0.2, 0.25) is 0 Å². The van der Waals surface area contributed by atoms with Crippen molar-refractivity contribution >= 4 is 17.4 Å². The Hall–Kier alpha value is -2.31. The van der Waals surface area contributed by atoms with Gasteiger partial charge in [0.25, 0.3) is 5.69 Å². The fraction of sp³-hybridized carbons (Fsp3) is 0.417. The quantitative estimate of drug-likeness (QED) is 0.470. The molecule has 7 nitrogen and oxygen atoms in total. The molecule has 2 amide bonds. The summed E-state index contributed by atoms with van der Waals surface area (Å²) >= 11 is 0. The number of anilines is 1. The normalized spacial score (nSPS) is 9.79. The average molecular weight is 267 g/mol. The van der Waals surface area contributed by atoms with Crippen LogP contribution in [0.4, 0.5) is 16.2 Å². The summed E-state index contributed by atoms with van der Waals surface area (Å²) in [5, 5.41) is 15.9. The predicted molar refractivity (Wildman–Crippen MR) is 71.6 cm³/mol. The van der Waals surface area contributed by atoms with Crippen molar-refractivity contribution in [1.29, 1.82) is 0 Å². The Morgan fingerprint density at radius 2 is 2.21 bits per heavy atom. The van der Waals surface area contributed by atoms with E-state index in [9.17, 15) is 14.9 Å². The standard InChI is InChI=1S/C12H17N3O4/c1-3-4-7-13-12(16)14-10-6-5-9(15(17)18)8-11(10)19-2/h5-6,8H,3-4,7H2,1-2H3,(H2,13,14,16). The lowest BCUT2D eigenvalue weighted by atomic mass is 10.2. The van der Waals surface area contributed by atoms with E-state index in [1.807, 2.05) is 6.92 Å². The second-order valence-corrected chi connectivity index (χ2v) is 3.88. The van der Waals surface area contributed by atoms with Gasteiger partial charge < -0.3 is 15.4 Å². The van der Waals surface area contributed by atoms with E-state index in [1.54, 1.807) is 0 Å². The highest BCUT2D eigenvalue weighted by molar-refractivity contribution is 5.91. The molecule has 0 saturated carbocycles. The zero-order chi connectivity index (χ0) is 14.3. The number of amides is 2. The topological polar surface area (TPSA) is 93.5 Å². The number of nitrogens with one attached hydrogen (secondary N) is 2.